The molecule has 1 aliphatic carbocycles. The fraction of sp³-hybridized carbons (Fsp3) is 0.250. The molecule has 0 saturated carbocycles. The number of rotatable bonds is 2. The van der Waals surface area contributed by atoms with Crippen LogP contribution in [0.15, 0.2) is 35.7 Å². The highest BCUT2D eigenvalue weighted by atomic mass is 32.2. The van der Waals surface area contributed by atoms with E-state index < -0.39 is 0 Å². The average molecular weight is 245 g/mol. The molecule has 17 heavy (non-hydrogen) atoms. The number of Topliss-reactive ketones (excluding diaryl/α,β-unsaturated/α-hetero) is 1. The maximum atomic E-state index is 12.3. The standard InChI is InChI=1S/C12H11N3OS/c16-11-9-4-2-1-3-8(9)5-6-10(11)17-12-13-7-14-15-12/h1-4,7,10H,5-6H2,(H,13,14,15). The number of nitrogens with one attached hydrogen (secondary N) is 1. The molecule has 1 N–H and O–H groups in total. The summed E-state index contributed by atoms with van der Waals surface area (Å²) < 4.78 is 0. The van der Waals surface area contributed by atoms with Crippen molar-refractivity contribution >= 4 is 17.5 Å². The van der Waals surface area contributed by atoms with Crippen molar-refractivity contribution in [2.75, 3.05) is 0 Å². The minimum absolute atomic E-state index is 0.0437. The van der Waals surface area contributed by atoms with Crippen LogP contribution in [0.5, 0.6) is 0 Å². The summed E-state index contributed by atoms with van der Waals surface area (Å²) >= 11 is 1.46. The second kappa shape index (κ2) is 4.33. The van der Waals surface area contributed by atoms with Crippen molar-refractivity contribution < 1.29 is 4.79 Å². The molecule has 0 radical (unpaired) electrons. The van der Waals surface area contributed by atoms with Gasteiger partial charge in [-0.1, -0.05) is 36.0 Å². The molecule has 1 unspecified atom stereocenters. The number of fused-ring (bicyclic) bond motifs is 1. The van der Waals surface area contributed by atoms with Gasteiger partial charge in [-0.3, -0.25) is 9.89 Å². The molecule has 1 aliphatic rings. The minimum Gasteiger partial charge on any atom is -0.293 e. The van der Waals surface area contributed by atoms with E-state index in [0.717, 1.165) is 24.0 Å². The number of aromatic amines is 1. The fourth-order valence-corrected chi connectivity index (χ4v) is 3.02. The average Bonchev–Trinajstić information content (AvgIpc) is 2.86. The molecule has 2 aromatic rings. The van der Waals surface area contributed by atoms with Gasteiger partial charge in [0.15, 0.2) is 10.9 Å². The second-order valence-electron chi connectivity index (χ2n) is 3.96. The van der Waals surface area contributed by atoms with E-state index in [0.29, 0.717) is 5.16 Å². The van der Waals surface area contributed by atoms with Gasteiger partial charge in [-0.05, 0) is 18.4 Å². The van der Waals surface area contributed by atoms with Gasteiger partial charge in [0.1, 0.15) is 6.33 Å². The third kappa shape index (κ3) is 1.98. The molecule has 0 fully saturated rings. The van der Waals surface area contributed by atoms with Gasteiger partial charge >= 0.3 is 0 Å². The van der Waals surface area contributed by atoms with Crippen LogP contribution in [0.2, 0.25) is 0 Å². The number of carbonyl (C=O) groups is 1. The van der Waals surface area contributed by atoms with Crippen molar-refractivity contribution in [2.24, 2.45) is 0 Å². The molecule has 0 aliphatic heterocycles. The first-order valence-corrected chi connectivity index (χ1v) is 6.37. The normalized spacial score (nSPS) is 19.1. The number of thioether (sulfide) groups is 1. The lowest BCUT2D eigenvalue weighted by Gasteiger charge is -2.21. The van der Waals surface area contributed by atoms with Crippen molar-refractivity contribution in [1.29, 1.82) is 0 Å². The predicted octanol–water partition coefficient (Wildman–Crippen LogP) is 2.09. The summed E-state index contributed by atoms with van der Waals surface area (Å²) in [4.78, 5) is 16.3. The third-order valence-corrected chi connectivity index (χ3v) is 4.05. The summed E-state index contributed by atoms with van der Waals surface area (Å²) in [5, 5.41) is 7.23. The van der Waals surface area contributed by atoms with Gasteiger partial charge in [-0.25, -0.2) is 4.98 Å². The zero-order chi connectivity index (χ0) is 11.7. The number of hydrogen-bond donors (Lipinski definition) is 1. The number of aryl methyl sites for hydroxylation is 1. The Morgan fingerprint density at radius 1 is 1.35 bits per heavy atom. The lowest BCUT2D eigenvalue weighted by molar-refractivity contribution is 0.0979. The maximum Gasteiger partial charge on any atom is 0.184 e. The maximum absolute atomic E-state index is 12.3. The molecule has 1 aromatic heterocycles. The van der Waals surface area contributed by atoms with Crippen LogP contribution in [0.25, 0.3) is 0 Å². The van der Waals surface area contributed by atoms with Crippen molar-refractivity contribution in [3.63, 3.8) is 0 Å². The van der Waals surface area contributed by atoms with Gasteiger partial charge in [-0.15, -0.1) is 0 Å². The molecule has 0 saturated heterocycles. The molecule has 0 bridgehead atoms. The molecule has 1 atom stereocenters. The van der Waals surface area contributed by atoms with Crippen molar-refractivity contribution in [3.05, 3.63) is 41.7 Å². The van der Waals surface area contributed by atoms with E-state index in [1.165, 1.54) is 18.1 Å². The highest BCUT2D eigenvalue weighted by molar-refractivity contribution is 8.00. The molecule has 5 heteroatoms. The predicted molar refractivity (Wildman–Crippen MR) is 65.1 cm³/mol. The van der Waals surface area contributed by atoms with Gasteiger partial charge in [0.05, 0.1) is 5.25 Å². The van der Waals surface area contributed by atoms with Gasteiger partial charge in [0.2, 0.25) is 0 Å². The van der Waals surface area contributed by atoms with Crippen LogP contribution >= 0.6 is 11.8 Å². The largest absolute Gasteiger partial charge is 0.293 e. The fourth-order valence-electron chi connectivity index (χ4n) is 2.07. The first-order valence-electron chi connectivity index (χ1n) is 5.49. The molecule has 86 valence electrons. The van der Waals surface area contributed by atoms with E-state index in [9.17, 15) is 4.79 Å². The van der Waals surface area contributed by atoms with Crippen LogP contribution in [0.3, 0.4) is 0 Å². The van der Waals surface area contributed by atoms with Gasteiger partial charge in [0, 0.05) is 5.56 Å². The number of aromatic nitrogens is 3. The Labute approximate surface area is 103 Å². The van der Waals surface area contributed by atoms with Crippen LogP contribution in [0.4, 0.5) is 0 Å². The van der Waals surface area contributed by atoms with Crippen molar-refractivity contribution in [1.82, 2.24) is 15.2 Å². The first kappa shape index (κ1) is 10.5. The Morgan fingerprint density at radius 2 is 2.24 bits per heavy atom. The molecule has 1 heterocycles. The lowest BCUT2D eigenvalue weighted by atomic mass is 9.90. The number of benzene rings is 1. The van der Waals surface area contributed by atoms with Crippen LogP contribution in [0, 0.1) is 0 Å². The topological polar surface area (TPSA) is 58.6 Å². The Balaban J connectivity index is 1.84. The molecule has 0 amide bonds. The zero-order valence-electron chi connectivity index (χ0n) is 9.09. The zero-order valence-corrected chi connectivity index (χ0v) is 9.91. The van der Waals surface area contributed by atoms with Crippen LogP contribution < -0.4 is 0 Å². The molecular weight excluding hydrogens is 234 g/mol. The molecule has 3 rings (SSSR count). The van der Waals surface area contributed by atoms with E-state index in [1.54, 1.807) is 0 Å². The van der Waals surface area contributed by atoms with Crippen molar-refractivity contribution in [3.8, 4) is 0 Å². The summed E-state index contributed by atoms with van der Waals surface area (Å²) in [5.74, 6) is 0.202. The number of carbonyl (C=O) groups excluding carboxylic acids is 1. The van der Waals surface area contributed by atoms with E-state index in [4.69, 9.17) is 0 Å². The number of nitrogens with zero attached hydrogens (tertiary/aromatic N) is 2. The van der Waals surface area contributed by atoms with Crippen LogP contribution in [0.1, 0.15) is 22.3 Å². The van der Waals surface area contributed by atoms with E-state index in [-0.39, 0.29) is 11.0 Å². The molecule has 1 aromatic carbocycles. The van der Waals surface area contributed by atoms with Crippen LogP contribution in [-0.2, 0) is 6.42 Å². The Kier molecular flexibility index (Phi) is 2.68. The Morgan fingerprint density at radius 3 is 3.06 bits per heavy atom. The first-order chi connectivity index (χ1) is 8.34. The molecule has 0 spiro atoms. The summed E-state index contributed by atoms with van der Waals surface area (Å²) in [6, 6.07) is 7.83. The van der Waals surface area contributed by atoms with E-state index in [2.05, 4.69) is 15.2 Å². The van der Waals surface area contributed by atoms with Gasteiger partial charge < -0.3 is 0 Å². The quantitative estimate of drug-likeness (QED) is 0.880. The summed E-state index contributed by atoms with van der Waals surface area (Å²) in [6.07, 6.45) is 3.28. The second-order valence-corrected chi connectivity index (χ2v) is 5.15. The number of hydrogen-bond acceptors (Lipinski definition) is 4. The summed E-state index contributed by atoms with van der Waals surface area (Å²) in [6.45, 7) is 0. The monoisotopic (exact) mass is 245 g/mol. The van der Waals surface area contributed by atoms with E-state index in [1.807, 2.05) is 24.3 Å². The highest BCUT2D eigenvalue weighted by Crippen LogP contribution is 2.31. The van der Waals surface area contributed by atoms with Gasteiger partial charge in [-0.2, -0.15) is 5.10 Å². The smallest absolute Gasteiger partial charge is 0.184 e. The summed E-state index contributed by atoms with van der Waals surface area (Å²) in [7, 11) is 0. The lowest BCUT2D eigenvalue weighted by Crippen LogP contribution is -2.24. The number of ketones is 1. The minimum atomic E-state index is -0.0437. The Bertz CT molecular complexity index is 538. The Hall–Kier alpha value is -1.62. The van der Waals surface area contributed by atoms with Crippen molar-refractivity contribution in [2.45, 2.75) is 23.2 Å². The highest BCUT2D eigenvalue weighted by Gasteiger charge is 2.28. The number of H-pyrrole nitrogens is 1. The van der Waals surface area contributed by atoms with E-state index >= 15 is 0 Å². The summed E-state index contributed by atoms with van der Waals surface area (Å²) in [5.41, 5.74) is 2.02. The van der Waals surface area contributed by atoms with Gasteiger partial charge in [0.25, 0.3) is 0 Å². The molecule has 4 nitrogen and oxygen atoms in total. The molecular formula is C12H11N3OS. The van der Waals surface area contributed by atoms with Crippen LogP contribution in [-0.4, -0.2) is 26.2 Å². The third-order valence-electron chi connectivity index (χ3n) is 2.90. The SMILES string of the molecule is O=C1c2ccccc2CCC1Sc1ncn[nH]1.